The van der Waals surface area contributed by atoms with Crippen LogP contribution in [0.2, 0.25) is 0 Å². The summed E-state index contributed by atoms with van der Waals surface area (Å²) in [5.41, 5.74) is 0. The highest BCUT2D eigenvalue weighted by molar-refractivity contribution is 7.09. The van der Waals surface area contributed by atoms with Gasteiger partial charge in [-0.2, -0.15) is 0 Å². The Balaban J connectivity index is 1.84. The fourth-order valence-corrected chi connectivity index (χ4v) is 3.30. The van der Waals surface area contributed by atoms with E-state index in [0.717, 1.165) is 32.1 Å². The summed E-state index contributed by atoms with van der Waals surface area (Å²) in [6.07, 6.45) is 4.97. The zero-order valence-corrected chi connectivity index (χ0v) is 11.7. The van der Waals surface area contributed by atoms with E-state index in [4.69, 9.17) is 0 Å². The molecule has 1 aromatic heterocycles. The lowest BCUT2D eigenvalue weighted by molar-refractivity contribution is -0.135. The molecule has 1 saturated carbocycles. The van der Waals surface area contributed by atoms with Gasteiger partial charge in [0.15, 0.2) is 0 Å². The van der Waals surface area contributed by atoms with Crippen LogP contribution in [0.3, 0.4) is 0 Å². The van der Waals surface area contributed by atoms with Crippen molar-refractivity contribution in [2.45, 2.75) is 50.7 Å². The second-order valence-corrected chi connectivity index (χ2v) is 6.04. The monoisotopic (exact) mass is 267 g/mol. The first-order valence-corrected chi connectivity index (χ1v) is 7.52. The van der Waals surface area contributed by atoms with Gasteiger partial charge in [-0.1, -0.05) is 18.9 Å². The molecule has 2 rings (SSSR count). The number of aliphatic hydroxyl groups excluding tert-OH is 1. The van der Waals surface area contributed by atoms with Gasteiger partial charge in [-0.15, -0.1) is 11.3 Å². The Morgan fingerprint density at radius 2 is 2.28 bits per heavy atom. The average molecular weight is 267 g/mol. The number of rotatable bonds is 4. The SMILES string of the molecule is CN(C(=O)CCc1cccs1)C1CCCCC1O. The van der Waals surface area contributed by atoms with Crippen LogP contribution in [0, 0.1) is 0 Å². The second kappa shape index (κ2) is 6.34. The van der Waals surface area contributed by atoms with Gasteiger partial charge in [-0.3, -0.25) is 4.79 Å². The van der Waals surface area contributed by atoms with Gasteiger partial charge in [-0.25, -0.2) is 0 Å². The molecule has 2 atom stereocenters. The molecule has 0 saturated heterocycles. The summed E-state index contributed by atoms with van der Waals surface area (Å²) in [5, 5.41) is 12.0. The lowest BCUT2D eigenvalue weighted by atomic mass is 9.91. The van der Waals surface area contributed by atoms with Crippen molar-refractivity contribution in [1.82, 2.24) is 4.90 Å². The molecule has 0 spiro atoms. The molecule has 3 nitrogen and oxygen atoms in total. The Kier molecular flexibility index (Phi) is 4.78. The predicted molar refractivity (Wildman–Crippen MR) is 73.7 cm³/mol. The molecule has 18 heavy (non-hydrogen) atoms. The van der Waals surface area contributed by atoms with Crippen molar-refractivity contribution in [3.8, 4) is 0 Å². The number of amides is 1. The van der Waals surface area contributed by atoms with E-state index in [-0.39, 0.29) is 18.1 Å². The number of aliphatic hydroxyl groups is 1. The molecule has 1 aliphatic carbocycles. The summed E-state index contributed by atoms with van der Waals surface area (Å²) >= 11 is 1.69. The van der Waals surface area contributed by atoms with Crippen LogP contribution in [0.4, 0.5) is 0 Å². The molecule has 1 aliphatic rings. The Bertz CT molecular complexity index is 377. The maximum atomic E-state index is 12.1. The fourth-order valence-electron chi connectivity index (χ4n) is 2.59. The van der Waals surface area contributed by atoms with E-state index in [0.29, 0.717) is 6.42 Å². The molecule has 1 fully saturated rings. The maximum absolute atomic E-state index is 12.1. The molecule has 1 heterocycles. The minimum absolute atomic E-state index is 0.0228. The molecule has 0 aliphatic heterocycles. The van der Waals surface area contributed by atoms with Gasteiger partial charge < -0.3 is 10.0 Å². The largest absolute Gasteiger partial charge is 0.391 e. The van der Waals surface area contributed by atoms with E-state index >= 15 is 0 Å². The van der Waals surface area contributed by atoms with Gasteiger partial charge in [0.05, 0.1) is 12.1 Å². The van der Waals surface area contributed by atoms with Crippen molar-refractivity contribution in [1.29, 1.82) is 0 Å². The normalized spacial score (nSPS) is 23.9. The molecule has 4 heteroatoms. The molecule has 100 valence electrons. The number of carbonyl (C=O) groups excluding carboxylic acids is 1. The highest BCUT2D eigenvalue weighted by Crippen LogP contribution is 2.23. The average Bonchev–Trinajstić information content (AvgIpc) is 2.89. The topological polar surface area (TPSA) is 40.5 Å². The van der Waals surface area contributed by atoms with E-state index < -0.39 is 0 Å². The van der Waals surface area contributed by atoms with Crippen molar-refractivity contribution >= 4 is 17.2 Å². The molecule has 1 aromatic rings. The third kappa shape index (κ3) is 3.33. The summed E-state index contributed by atoms with van der Waals surface area (Å²) < 4.78 is 0. The van der Waals surface area contributed by atoms with Gasteiger partial charge in [0.1, 0.15) is 0 Å². The van der Waals surface area contributed by atoms with Crippen molar-refractivity contribution in [3.05, 3.63) is 22.4 Å². The predicted octanol–water partition coefficient (Wildman–Crippen LogP) is 2.44. The number of hydrogen-bond acceptors (Lipinski definition) is 3. The fraction of sp³-hybridized carbons (Fsp3) is 0.643. The van der Waals surface area contributed by atoms with Crippen LogP contribution in [-0.4, -0.2) is 35.1 Å². The molecule has 0 radical (unpaired) electrons. The summed E-state index contributed by atoms with van der Waals surface area (Å²) in [4.78, 5) is 15.1. The summed E-state index contributed by atoms with van der Waals surface area (Å²) in [7, 11) is 1.83. The first-order valence-electron chi connectivity index (χ1n) is 6.64. The molecular formula is C14H21NO2S. The summed E-state index contributed by atoms with van der Waals surface area (Å²) in [5.74, 6) is 0.148. The van der Waals surface area contributed by atoms with Crippen molar-refractivity contribution in [3.63, 3.8) is 0 Å². The quantitative estimate of drug-likeness (QED) is 0.910. The highest BCUT2D eigenvalue weighted by atomic mass is 32.1. The van der Waals surface area contributed by atoms with Crippen molar-refractivity contribution in [2.24, 2.45) is 0 Å². The zero-order valence-electron chi connectivity index (χ0n) is 10.8. The molecule has 1 N–H and O–H groups in total. The summed E-state index contributed by atoms with van der Waals surface area (Å²) in [6.45, 7) is 0. The van der Waals surface area contributed by atoms with Crippen LogP contribution < -0.4 is 0 Å². The maximum Gasteiger partial charge on any atom is 0.223 e. The van der Waals surface area contributed by atoms with Gasteiger partial charge in [0, 0.05) is 18.3 Å². The first kappa shape index (κ1) is 13.6. The second-order valence-electron chi connectivity index (χ2n) is 5.00. The van der Waals surface area contributed by atoms with Crippen LogP contribution in [0.1, 0.15) is 37.0 Å². The molecule has 2 unspecified atom stereocenters. The van der Waals surface area contributed by atoms with Gasteiger partial charge in [0.25, 0.3) is 0 Å². The van der Waals surface area contributed by atoms with Crippen LogP contribution in [0.15, 0.2) is 17.5 Å². The van der Waals surface area contributed by atoms with Crippen LogP contribution in [-0.2, 0) is 11.2 Å². The number of carbonyl (C=O) groups is 1. The molecular weight excluding hydrogens is 246 g/mol. The van der Waals surface area contributed by atoms with E-state index in [1.165, 1.54) is 4.88 Å². The Morgan fingerprint density at radius 1 is 1.50 bits per heavy atom. The third-order valence-electron chi connectivity index (χ3n) is 3.75. The van der Waals surface area contributed by atoms with E-state index in [9.17, 15) is 9.90 Å². The molecule has 0 aromatic carbocycles. The van der Waals surface area contributed by atoms with Crippen LogP contribution in [0.5, 0.6) is 0 Å². The smallest absolute Gasteiger partial charge is 0.223 e. The Morgan fingerprint density at radius 3 is 2.94 bits per heavy atom. The highest BCUT2D eigenvalue weighted by Gasteiger charge is 2.28. The lowest BCUT2D eigenvalue weighted by Gasteiger charge is -2.35. The summed E-state index contributed by atoms with van der Waals surface area (Å²) in [6, 6.07) is 4.10. The minimum Gasteiger partial charge on any atom is -0.391 e. The zero-order chi connectivity index (χ0) is 13.0. The van der Waals surface area contributed by atoms with E-state index in [1.54, 1.807) is 16.2 Å². The first-order chi connectivity index (χ1) is 8.68. The van der Waals surface area contributed by atoms with Gasteiger partial charge in [-0.05, 0) is 30.7 Å². The third-order valence-corrected chi connectivity index (χ3v) is 4.69. The lowest BCUT2D eigenvalue weighted by Crippen LogP contribution is -2.46. The number of hydrogen-bond donors (Lipinski definition) is 1. The van der Waals surface area contributed by atoms with Gasteiger partial charge in [0.2, 0.25) is 5.91 Å². The van der Waals surface area contributed by atoms with E-state index in [1.807, 2.05) is 18.5 Å². The number of thiophene rings is 1. The van der Waals surface area contributed by atoms with Crippen molar-refractivity contribution < 1.29 is 9.90 Å². The molecule has 1 amide bonds. The standard InChI is InChI=1S/C14H21NO2S/c1-15(12-6-2-3-7-13(12)16)14(17)9-8-11-5-4-10-18-11/h4-5,10,12-13,16H,2-3,6-9H2,1H3. The molecule has 0 bridgehead atoms. The Hall–Kier alpha value is -0.870. The van der Waals surface area contributed by atoms with Crippen LogP contribution >= 0.6 is 11.3 Å². The van der Waals surface area contributed by atoms with Crippen molar-refractivity contribution in [2.75, 3.05) is 7.05 Å². The minimum atomic E-state index is -0.338. The number of nitrogens with zero attached hydrogens (tertiary/aromatic N) is 1. The Labute approximate surface area is 112 Å². The van der Waals surface area contributed by atoms with Crippen LogP contribution in [0.25, 0.3) is 0 Å². The van der Waals surface area contributed by atoms with E-state index in [2.05, 4.69) is 6.07 Å². The number of aryl methyl sites for hydroxylation is 1. The van der Waals surface area contributed by atoms with Gasteiger partial charge >= 0.3 is 0 Å². The number of likely N-dealkylation sites (N-methyl/N-ethyl adjacent to an activating group) is 1.